The molecule has 1 aromatic rings. The van der Waals surface area contributed by atoms with E-state index in [0.717, 1.165) is 5.56 Å². The number of hydrogen-bond donors (Lipinski definition) is 4. The van der Waals surface area contributed by atoms with Crippen LogP contribution >= 0.6 is 0 Å². The van der Waals surface area contributed by atoms with Crippen LogP contribution in [-0.2, 0) is 19.0 Å². The summed E-state index contributed by atoms with van der Waals surface area (Å²) in [5.74, 6) is 0. The first-order chi connectivity index (χ1) is 10.3. The molecule has 0 bridgehead atoms. The molecule has 4 N–H and O–H groups in total. The fourth-order valence-electron chi connectivity index (χ4n) is 2.09. The first-order valence-electron chi connectivity index (χ1n) is 6.57. The molecule has 9 heteroatoms. The molecule has 0 aliphatic carbocycles. The van der Waals surface area contributed by atoms with Gasteiger partial charge in [-0.25, -0.2) is 0 Å². The average molecular weight is 334 g/mol. The van der Waals surface area contributed by atoms with Crippen LogP contribution < -0.4 is 0 Å². The molecule has 124 valence electrons. The van der Waals surface area contributed by atoms with Gasteiger partial charge in [-0.05, 0) is 19.1 Å². The molecule has 1 heterocycles. The summed E-state index contributed by atoms with van der Waals surface area (Å²) in [6.07, 6.45) is -8.11. The number of ether oxygens (including phenoxy) is 1. The molecule has 0 saturated carbocycles. The van der Waals surface area contributed by atoms with E-state index in [9.17, 15) is 23.7 Å². The molecule has 1 aromatic carbocycles. The highest BCUT2D eigenvalue weighted by molar-refractivity contribution is 7.86. The van der Waals surface area contributed by atoms with Crippen molar-refractivity contribution in [1.29, 1.82) is 0 Å². The standard InChI is InChI=1S/C13H18O8S/c1-7-2-4-8(5-3-7)22(18,19)21-12-10(15)9(6-14)20-13(17)11(12)16/h2-5,9-17H,6H2,1H3/t9-,10-,11+,12+,13+/m1/s1. The van der Waals surface area contributed by atoms with Crippen LogP contribution in [0.3, 0.4) is 0 Å². The van der Waals surface area contributed by atoms with E-state index in [-0.39, 0.29) is 4.90 Å². The lowest BCUT2D eigenvalue weighted by atomic mass is 9.99. The van der Waals surface area contributed by atoms with Crippen LogP contribution in [0.4, 0.5) is 0 Å². The van der Waals surface area contributed by atoms with Crippen LogP contribution in [0.2, 0.25) is 0 Å². The predicted octanol–water partition coefficient (Wildman–Crippen LogP) is -1.50. The molecular formula is C13H18O8S. The Morgan fingerprint density at radius 2 is 1.73 bits per heavy atom. The largest absolute Gasteiger partial charge is 0.394 e. The highest BCUT2D eigenvalue weighted by atomic mass is 32.2. The van der Waals surface area contributed by atoms with Crippen molar-refractivity contribution in [3.8, 4) is 0 Å². The Morgan fingerprint density at radius 1 is 1.14 bits per heavy atom. The summed E-state index contributed by atoms with van der Waals surface area (Å²) in [5, 5.41) is 38.2. The van der Waals surface area contributed by atoms with Gasteiger partial charge in [0.2, 0.25) is 0 Å². The average Bonchev–Trinajstić information content (AvgIpc) is 2.48. The third-order valence-corrected chi connectivity index (χ3v) is 4.71. The van der Waals surface area contributed by atoms with Crippen molar-refractivity contribution in [2.45, 2.75) is 42.5 Å². The zero-order valence-corrected chi connectivity index (χ0v) is 12.5. The second-order valence-corrected chi connectivity index (χ2v) is 6.63. The number of aliphatic hydroxyl groups is 4. The van der Waals surface area contributed by atoms with E-state index >= 15 is 0 Å². The molecule has 1 fully saturated rings. The van der Waals surface area contributed by atoms with Crippen molar-refractivity contribution in [1.82, 2.24) is 0 Å². The summed E-state index contributed by atoms with van der Waals surface area (Å²) in [6, 6.07) is 5.78. The minimum Gasteiger partial charge on any atom is -0.394 e. The normalized spacial score (nSPS) is 32.9. The lowest BCUT2D eigenvalue weighted by Crippen LogP contribution is -2.59. The van der Waals surface area contributed by atoms with Gasteiger partial charge in [-0.2, -0.15) is 8.42 Å². The molecule has 5 atom stereocenters. The molecule has 1 aliphatic heterocycles. The third-order valence-electron chi connectivity index (χ3n) is 3.39. The van der Waals surface area contributed by atoms with Gasteiger partial charge >= 0.3 is 0 Å². The van der Waals surface area contributed by atoms with Gasteiger partial charge in [0.1, 0.15) is 24.4 Å². The smallest absolute Gasteiger partial charge is 0.297 e. The maximum absolute atomic E-state index is 12.2. The second-order valence-electron chi connectivity index (χ2n) is 5.06. The van der Waals surface area contributed by atoms with E-state index < -0.39 is 47.4 Å². The summed E-state index contributed by atoms with van der Waals surface area (Å²) in [5.41, 5.74) is 0.848. The summed E-state index contributed by atoms with van der Waals surface area (Å²) in [7, 11) is -4.27. The summed E-state index contributed by atoms with van der Waals surface area (Å²) in [4.78, 5) is -0.154. The summed E-state index contributed by atoms with van der Waals surface area (Å²) in [6.45, 7) is 1.11. The van der Waals surface area contributed by atoms with Gasteiger partial charge in [0.25, 0.3) is 10.1 Å². The fourth-order valence-corrected chi connectivity index (χ4v) is 3.19. The van der Waals surface area contributed by atoms with Crippen LogP contribution in [0.1, 0.15) is 5.56 Å². The number of benzene rings is 1. The Bertz CT molecular complexity index is 599. The first kappa shape index (κ1) is 17.3. The van der Waals surface area contributed by atoms with E-state index in [2.05, 4.69) is 0 Å². The molecule has 0 spiro atoms. The van der Waals surface area contributed by atoms with Gasteiger partial charge in [0.15, 0.2) is 6.29 Å². The summed E-state index contributed by atoms with van der Waals surface area (Å²) >= 11 is 0. The maximum Gasteiger partial charge on any atom is 0.297 e. The van der Waals surface area contributed by atoms with Gasteiger partial charge in [-0.15, -0.1) is 0 Å². The van der Waals surface area contributed by atoms with E-state index in [1.54, 1.807) is 19.1 Å². The molecule has 0 radical (unpaired) electrons. The van der Waals surface area contributed by atoms with Crippen molar-refractivity contribution in [2.75, 3.05) is 6.61 Å². The minimum atomic E-state index is -4.27. The Kier molecular flexibility index (Phi) is 5.17. The third kappa shape index (κ3) is 3.46. The Balaban J connectivity index is 2.24. The Labute approximate surface area is 127 Å². The SMILES string of the molecule is Cc1ccc(S(=O)(=O)O[C@@H]2[C@H](O)[C@@H](O)O[C@H](CO)[C@H]2O)cc1. The van der Waals surface area contributed by atoms with Crippen molar-refractivity contribution >= 4 is 10.1 Å². The lowest BCUT2D eigenvalue weighted by Gasteiger charge is -2.39. The van der Waals surface area contributed by atoms with Crippen LogP contribution in [0, 0.1) is 6.92 Å². The van der Waals surface area contributed by atoms with Gasteiger partial charge < -0.3 is 25.2 Å². The number of rotatable bonds is 4. The molecule has 0 aromatic heterocycles. The molecule has 0 amide bonds. The van der Waals surface area contributed by atoms with E-state index in [1.807, 2.05) is 0 Å². The quantitative estimate of drug-likeness (QED) is 0.489. The zero-order chi connectivity index (χ0) is 16.5. The van der Waals surface area contributed by atoms with Crippen LogP contribution in [0.5, 0.6) is 0 Å². The van der Waals surface area contributed by atoms with E-state index in [1.165, 1.54) is 12.1 Å². The highest BCUT2D eigenvalue weighted by Gasteiger charge is 2.46. The first-order valence-corrected chi connectivity index (χ1v) is 7.97. The molecular weight excluding hydrogens is 316 g/mol. The van der Waals surface area contributed by atoms with Crippen LogP contribution in [-0.4, -0.2) is 66.2 Å². The van der Waals surface area contributed by atoms with Crippen LogP contribution in [0.15, 0.2) is 29.2 Å². The van der Waals surface area contributed by atoms with Gasteiger partial charge in [-0.1, -0.05) is 17.7 Å². The lowest BCUT2D eigenvalue weighted by molar-refractivity contribution is -0.281. The Hall–Kier alpha value is -1.07. The molecule has 8 nitrogen and oxygen atoms in total. The number of aryl methyl sites for hydroxylation is 1. The number of hydrogen-bond acceptors (Lipinski definition) is 8. The van der Waals surface area contributed by atoms with Crippen molar-refractivity contribution < 1.29 is 37.8 Å². The van der Waals surface area contributed by atoms with Crippen molar-refractivity contribution in [3.63, 3.8) is 0 Å². The summed E-state index contributed by atoms with van der Waals surface area (Å²) < 4.78 is 34.0. The van der Waals surface area contributed by atoms with E-state index in [4.69, 9.17) is 14.0 Å². The Morgan fingerprint density at radius 3 is 2.27 bits per heavy atom. The second kappa shape index (κ2) is 6.59. The van der Waals surface area contributed by atoms with E-state index in [0.29, 0.717) is 0 Å². The fraction of sp³-hybridized carbons (Fsp3) is 0.538. The molecule has 1 aliphatic rings. The topological polar surface area (TPSA) is 134 Å². The zero-order valence-electron chi connectivity index (χ0n) is 11.7. The van der Waals surface area contributed by atoms with Crippen molar-refractivity contribution in [2.24, 2.45) is 0 Å². The monoisotopic (exact) mass is 334 g/mol. The minimum absolute atomic E-state index is 0.154. The maximum atomic E-state index is 12.2. The molecule has 2 rings (SSSR count). The predicted molar refractivity (Wildman–Crippen MR) is 73.2 cm³/mol. The van der Waals surface area contributed by atoms with Gasteiger partial charge in [-0.3, -0.25) is 4.18 Å². The van der Waals surface area contributed by atoms with Crippen molar-refractivity contribution in [3.05, 3.63) is 29.8 Å². The molecule has 22 heavy (non-hydrogen) atoms. The van der Waals surface area contributed by atoms with Gasteiger partial charge in [0, 0.05) is 0 Å². The van der Waals surface area contributed by atoms with Crippen LogP contribution in [0.25, 0.3) is 0 Å². The molecule has 1 saturated heterocycles. The van der Waals surface area contributed by atoms with Gasteiger partial charge in [0.05, 0.1) is 11.5 Å². The molecule has 0 unspecified atom stereocenters. The highest BCUT2D eigenvalue weighted by Crippen LogP contribution is 2.26. The number of aliphatic hydroxyl groups excluding tert-OH is 4.